The van der Waals surface area contributed by atoms with Gasteiger partial charge in [0.05, 0.1) is 0 Å². The fourth-order valence-electron chi connectivity index (χ4n) is 0.972. The number of hydrogen-bond acceptors (Lipinski definition) is 2. The molecule has 3 nitrogen and oxygen atoms in total. The molecule has 1 unspecified atom stereocenters. The van der Waals surface area contributed by atoms with Gasteiger partial charge >= 0.3 is 0 Å². The number of hydrogen-bond donors (Lipinski definition) is 2. The summed E-state index contributed by atoms with van der Waals surface area (Å²) < 4.78 is 0. The lowest BCUT2D eigenvalue weighted by atomic mass is 10.0. The molecule has 0 spiro atoms. The van der Waals surface area contributed by atoms with Crippen LogP contribution < -0.4 is 5.32 Å². The van der Waals surface area contributed by atoms with Crippen molar-refractivity contribution in [3.63, 3.8) is 0 Å². The average Bonchev–Trinajstić information content (AvgIpc) is 2.10. The molecule has 0 aliphatic carbocycles. The Labute approximate surface area is 59.7 Å². The van der Waals surface area contributed by atoms with Crippen molar-refractivity contribution in [2.24, 2.45) is 5.92 Å². The molecule has 0 aromatic rings. The van der Waals surface area contributed by atoms with E-state index >= 15 is 0 Å². The van der Waals surface area contributed by atoms with Crippen LogP contribution in [0.2, 0.25) is 0 Å². The monoisotopic (exact) mass is 141 g/mol. The highest BCUT2D eigenvalue weighted by Gasteiger charge is 2.22. The van der Waals surface area contributed by atoms with E-state index in [2.05, 4.69) is 5.32 Å². The van der Waals surface area contributed by atoms with Crippen LogP contribution in [0.4, 0.5) is 0 Å². The maximum Gasteiger partial charge on any atom is 0.246 e. The molecule has 0 radical (unpaired) electrons. The Kier molecular flexibility index (Phi) is 1.76. The Bertz CT molecular complexity index is 184. The predicted octanol–water partition coefficient (Wildman–Crippen LogP) is 0.0170. The normalized spacial score (nSPS) is 25.0. The zero-order chi connectivity index (χ0) is 7.72. The first-order chi connectivity index (χ1) is 4.61. The van der Waals surface area contributed by atoms with Crippen molar-refractivity contribution in [1.29, 1.82) is 0 Å². The second-order valence-corrected chi connectivity index (χ2v) is 2.71. The number of carbonyl (C=O) groups is 1. The fraction of sp³-hybridized carbons (Fsp3) is 0.571. The number of carbonyl (C=O) groups excluding carboxylic acids is 1. The van der Waals surface area contributed by atoms with Gasteiger partial charge < -0.3 is 10.4 Å². The predicted molar refractivity (Wildman–Crippen MR) is 37.1 cm³/mol. The van der Waals surface area contributed by atoms with Gasteiger partial charge in [0.15, 0.2) is 0 Å². The average molecular weight is 141 g/mol. The van der Waals surface area contributed by atoms with Gasteiger partial charge in [-0.3, -0.25) is 4.79 Å². The van der Waals surface area contributed by atoms with Crippen LogP contribution >= 0.6 is 0 Å². The largest absolute Gasteiger partial charge is 0.370 e. The van der Waals surface area contributed by atoms with E-state index in [4.69, 9.17) is 5.11 Å². The molecule has 56 valence electrons. The van der Waals surface area contributed by atoms with E-state index in [0.717, 1.165) is 5.57 Å². The Balaban J connectivity index is 2.75. The van der Waals surface area contributed by atoms with Crippen molar-refractivity contribution in [3.05, 3.63) is 11.6 Å². The summed E-state index contributed by atoms with van der Waals surface area (Å²) in [4.78, 5) is 10.6. The van der Waals surface area contributed by atoms with Gasteiger partial charge in [0.2, 0.25) is 5.91 Å². The Morgan fingerprint density at radius 2 is 2.30 bits per heavy atom. The van der Waals surface area contributed by atoms with Crippen LogP contribution in [0.3, 0.4) is 0 Å². The van der Waals surface area contributed by atoms with E-state index in [-0.39, 0.29) is 11.8 Å². The minimum Gasteiger partial charge on any atom is -0.370 e. The highest BCUT2D eigenvalue weighted by atomic mass is 16.3. The van der Waals surface area contributed by atoms with Crippen LogP contribution in [0.15, 0.2) is 11.6 Å². The lowest BCUT2D eigenvalue weighted by molar-refractivity contribution is -0.117. The third-order valence-electron chi connectivity index (χ3n) is 1.56. The van der Waals surface area contributed by atoms with Gasteiger partial charge in [0.1, 0.15) is 6.23 Å². The van der Waals surface area contributed by atoms with Crippen molar-refractivity contribution >= 4 is 5.91 Å². The standard InChI is InChI=1S/C7H11NO2/c1-4(2)5-3-6(9)8-7(5)10/h3-4,7,10H,1-2H3,(H,8,9). The topological polar surface area (TPSA) is 49.3 Å². The van der Waals surface area contributed by atoms with Crippen LogP contribution in [0.1, 0.15) is 13.8 Å². The molecular formula is C7H11NO2. The smallest absolute Gasteiger partial charge is 0.246 e. The summed E-state index contributed by atoms with van der Waals surface area (Å²) in [6, 6.07) is 0. The molecule has 2 N–H and O–H groups in total. The molecule has 0 bridgehead atoms. The highest BCUT2D eigenvalue weighted by molar-refractivity contribution is 5.91. The van der Waals surface area contributed by atoms with Crippen molar-refractivity contribution < 1.29 is 9.90 Å². The first kappa shape index (κ1) is 7.28. The number of rotatable bonds is 1. The zero-order valence-electron chi connectivity index (χ0n) is 6.09. The Hall–Kier alpha value is -0.830. The van der Waals surface area contributed by atoms with Crippen LogP contribution in [0.25, 0.3) is 0 Å². The van der Waals surface area contributed by atoms with Crippen LogP contribution in [0.5, 0.6) is 0 Å². The Morgan fingerprint density at radius 3 is 2.50 bits per heavy atom. The molecule has 1 amide bonds. The molecule has 0 saturated heterocycles. The summed E-state index contributed by atoms with van der Waals surface area (Å²) in [6.45, 7) is 3.88. The highest BCUT2D eigenvalue weighted by Crippen LogP contribution is 2.16. The van der Waals surface area contributed by atoms with Gasteiger partial charge in [-0.2, -0.15) is 0 Å². The van der Waals surface area contributed by atoms with Crippen molar-refractivity contribution in [1.82, 2.24) is 5.32 Å². The van der Waals surface area contributed by atoms with Gasteiger partial charge in [-0.25, -0.2) is 0 Å². The van der Waals surface area contributed by atoms with Gasteiger partial charge in [0.25, 0.3) is 0 Å². The van der Waals surface area contributed by atoms with E-state index < -0.39 is 6.23 Å². The third kappa shape index (κ3) is 1.19. The lowest BCUT2D eigenvalue weighted by Crippen LogP contribution is -2.28. The van der Waals surface area contributed by atoms with Crippen molar-refractivity contribution in [3.8, 4) is 0 Å². The summed E-state index contributed by atoms with van der Waals surface area (Å²) >= 11 is 0. The maximum absolute atomic E-state index is 10.6. The molecule has 0 fully saturated rings. The maximum atomic E-state index is 10.6. The van der Waals surface area contributed by atoms with Crippen molar-refractivity contribution in [2.75, 3.05) is 0 Å². The first-order valence-corrected chi connectivity index (χ1v) is 3.31. The SMILES string of the molecule is CC(C)C1=CC(=O)NC1O. The molecule has 0 aromatic heterocycles. The summed E-state index contributed by atoms with van der Waals surface area (Å²) in [5.74, 6) is 0.0325. The summed E-state index contributed by atoms with van der Waals surface area (Å²) in [7, 11) is 0. The summed E-state index contributed by atoms with van der Waals surface area (Å²) in [5.41, 5.74) is 0.769. The van der Waals surface area contributed by atoms with Crippen molar-refractivity contribution in [2.45, 2.75) is 20.1 Å². The molecule has 10 heavy (non-hydrogen) atoms. The number of amides is 1. The molecule has 0 aromatic carbocycles. The summed E-state index contributed by atoms with van der Waals surface area (Å²) in [5, 5.41) is 11.5. The van der Waals surface area contributed by atoms with E-state index in [1.807, 2.05) is 13.8 Å². The van der Waals surface area contributed by atoms with Crippen LogP contribution in [0, 0.1) is 5.92 Å². The first-order valence-electron chi connectivity index (χ1n) is 3.31. The van der Waals surface area contributed by atoms with E-state index in [1.165, 1.54) is 6.08 Å². The summed E-state index contributed by atoms with van der Waals surface area (Å²) in [6.07, 6.45) is 0.697. The van der Waals surface area contributed by atoms with Gasteiger partial charge in [-0.1, -0.05) is 13.8 Å². The minimum atomic E-state index is -0.757. The van der Waals surface area contributed by atoms with Gasteiger partial charge in [-0.05, 0) is 11.5 Å². The van der Waals surface area contributed by atoms with Crippen LogP contribution in [-0.4, -0.2) is 17.2 Å². The lowest BCUT2D eigenvalue weighted by Gasteiger charge is -2.10. The quantitative estimate of drug-likeness (QED) is 0.540. The van der Waals surface area contributed by atoms with Gasteiger partial charge in [-0.15, -0.1) is 0 Å². The zero-order valence-corrected chi connectivity index (χ0v) is 6.09. The fourth-order valence-corrected chi connectivity index (χ4v) is 0.972. The third-order valence-corrected chi connectivity index (χ3v) is 1.56. The molecule has 1 aliphatic rings. The van der Waals surface area contributed by atoms with Crippen LogP contribution in [-0.2, 0) is 4.79 Å². The van der Waals surface area contributed by atoms with Gasteiger partial charge in [0, 0.05) is 6.08 Å². The molecule has 1 heterocycles. The molecule has 1 aliphatic heterocycles. The van der Waals surface area contributed by atoms with E-state index in [1.54, 1.807) is 0 Å². The molecular weight excluding hydrogens is 130 g/mol. The van der Waals surface area contributed by atoms with E-state index in [9.17, 15) is 4.79 Å². The number of aliphatic hydroxyl groups is 1. The molecule has 1 rings (SSSR count). The molecule has 0 saturated carbocycles. The minimum absolute atomic E-state index is 0.198. The second kappa shape index (κ2) is 2.42. The Morgan fingerprint density at radius 1 is 1.70 bits per heavy atom. The second-order valence-electron chi connectivity index (χ2n) is 2.71. The molecule has 1 atom stereocenters. The number of aliphatic hydroxyl groups excluding tert-OH is 1. The molecule has 3 heteroatoms. The number of nitrogens with one attached hydrogen (secondary N) is 1. The van der Waals surface area contributed by atoms with E-state index in [0.29, 0.717) is 0 Å².